The lowest BCUT2D eigenvalue weighted by atomic mass is 10.1. The minimum atomic E-state index is -3.59. The number of thiophene rings is 1. The summed E-state index contributed by atoms with van der Waals surface area (Å²) in [7, 11) is -3.59. The fraction of sp³-hybridized carbons (Fsp3) is 0.353. The fourth-order valence-electron chi connectivity index (χ4n) is 2.75. The van der Waals surface area contributed by atoms with E-state index in [2.05, 4.69) is 10.0 Å². The van der Waals surface area contributed by atoms with Crippen molar-refractivity contribution in [3.8, 4) is 0 Å². The standard InChI is InChI=1S/C17H21N3O3S2/c1-13-11-18-8-9-20(13)17(21)14-4-6-16(7-5-14)25(22,23)19-12-15-3-2-10-24-15/h2-7,10,13,18-19H,8-9,11-12H2,1H3. The number of piperazine rings is 1. The molecule has 2 aromatic rings. The summed E-state index contributed by atoms with van der Waals surface area (Å²) in [5, 5.41) is 5.15. The lowest BCUT2D eigenvalue weighted by Gasteiger charge is -2.34. The van der Waals surface area contributed by atoms with Gasteiger partial charge in [-0.3, -0.25) is 4.79 Å². The second kappa shape index (κ2) is 7.65. The molecule has 0 bridgehead atoms. The Balaban J connectivity index is 1.69. The Hall–Kier alpha value is -1.74. The lowest BCUT2D eigenvalue weighted by Crippen LogP contribution is -2.52. The van der Waals surface area contributed by atoms with Gasteiger partial charge in [0.1, 0.15) is 0 Å². The van der Waals surface area contributed by atoms with Crippen LogP contribution in [0.4, 0.5) is 0 Å². The van der Waals surface area contributed by atoms with Crippen LogP contribution >= 0.6 is 11.3 Å². The van der Waals surface area contributed by atoms with E-state index >= 15 is 0 Å². The van der Waals surface area contributed by atoms with Crippen LogP contribution in [0.3, 0.4) is 0 Å². The molecule has 6 nitrogen and oxygen atoms in total. The summed E-state index contributed by atoms with van der Waals surface area (Å²) in [6, 6.07) is 10.0. The number of amides is 1. The van der Waals surface area contributed by atoms with E-state index in [1.165, 1.54) is 23.5 Å². The van der Waals surface area contributed by atoms with Gasteiger partial charge in [0.15, 0.2) is 0 Å². The van der Waals surface area contributed by atoms with E-state index in [-0.39, 0.29) is 23.4 Å². The molecule has 1 atom stereocenters. The van der Waals surface area contributed by atoms with Gasteiger partial charge in [0.2, 0.25) is 10.0 Å². The van der Waals surface area contributed by atoms with E-state index in [0.717, 1.165) is 18.0 Å². The van der Waals surface area contributed by atoms with Gasteiger partial charge in [-0.1, -0.05) is 6.07 Å². The number of sulfonamides is 1. The Morgan fingerprint density at radius 1 is 1.32 bits per heavy atom. The maximum Gasteiger partial charge on any atom is 0.254 e. The van der Waals surface area contributed by atoms with Gasteiger partial charge in [0.05, 0.1) is 4.90 Å². The van der Waals surface area contributed by atoms with Gasteiger partial charge in [-0.15, -0.1) is 11.3 Å². The van der Waals surface area contributed by atoms with Crippen LogP contribution in [0.5, 0.6) is 0 Å². The molecule has 1 unspecified atom stereocenters. The number of rotatable bonds is 5. The summed E-state index contributed by atoms with van der Waals surface area (Å²) in [4.78, 5) is 15.5. The third kappa shape index (κ3) is 4.27. The van der Waals surface area contributed by atoms with Crippen molar-refractivity contribution in [1.29, 1.82) is 0 Å². The third-order valence-corrected chi connectivity index (χ3v) is 6.48. The topological polar surface area (TPSA) is 78.5 Å². The zero-order chi connectivity index (χ0) is 17.9. The molecule has 2 N–H and O–H groups in total. The van der Waals surface area contributed by atoms with Crippen LogP contribution in [-0.4, -0.2) is 44.9 Å². The Kier molecular flexibility index (Phi) is 5.53. The van der Waals surface area contributed by atoms with Crippen molar-refractivity contribution in [1.82, 2.24) is 14.9 Å². The van der Waals surface area contributed by atoms with Crippen molar-refractivity contribution in [3.05, 3.63) is 52.2 Å². The van der Waals surface area contributed by atoms with Crippen molar-refractivity contribution < 1.29 is 13.2 Å². The Bertz CT molecular complexity index is 817. The molecular weight excluding hydrogens is 358 g/mol. The monoisotopic (exact) mass is 379 g/mol. The first-order valence-electron chi connectivity index (χ1n) is 8.11. The SMILES string of the molecule is CC1CNCCN1C(=O)c1ccc(S(=O)(=O)NCc2cccs2)cc1. The molecule has 2 heterocycles. The third-order valence-electron chi connectivity index (χ3n) is 4.19. The predicted octanol–water partition coefficient (Wildman–Crippen LogP) is 1.66. The molecule has 3 rings (SSSR count). The van der Waals surface area contributed by atoms with Gasteiger partial charge < -0.3 is 10.2 Å². The van der Waals surface area contributed by atoms with E-state index < -0.39 is 10.0 Å². The maximum atomic E-state index is 12.6. The van der Waals surface area contributed by atoms with Gasteiger partial charge in [-0.05, 0) is 42.6 Å². The first-order valence-corrected chi connectivity index (χ1v) is 10.5. The van der Waals surface area contributed by atoms with Crippen molar-refractivity contribution in [2.75, 3.05) is 19.6 Å². The molecule has 25 heavy (non-hydrogen) atoms. The molecule has 1 aromatic heterocycles. The van der Waals surface area contributed by atoms with Gasteiger partial charge in [-0.25, -0.2) is 13.1 Å². The molecule has 1 amide bonds. The van der Waals surface area contributed by atoms with Crippen LogP contribution in [0.25, 0.3) is 0 Å². The minimum Gasteiger partial charge on any atom is -0.333 e. The summed E-state index contributed by atoms with van der Waals surface area (Å²) in [5.41, 5.74) is 0.506. The molecule has 1 aliphatic heterocycles. The normalized spacial score (nSPS) is 18.3. The quantitative estimate of drug-likeness (QED) is 0.828. The number of nitrogens with one attached hydrogen (secondary N) is 2. The van der Waals surface area contributed by atoms with Crippen molar-refractivity contribution in [2.24, 2.45) is 0 Å². The first-order chi connectivity index (χ1) is 12.0. The van der Waals surface area contributed by atoms with Gasteiger partial charge in [-0.2, -0.15) is 0 Å². The molecule has 134 valence electrons. The molecule has 0 saturated carbocycles. The number of carbonyl (C=O) groups is 1. The smallest absolute Gasteiger partial charge is 0.254 e. The number of hydrogen-bond donors (Lipinski definition) is 2. The number of hydrogen-bond acceptors (Lipinski definition) is 5. The van der Waals surface area contributed by atoms with Crippen LogP contribution in [-0.2, 0) is 16.6 Å². The fourth-order valence-corrected chi connectivity index (χ4v) is 4.49. The Morgan fingerprint density at radius 3 is 2.72 bits per heavy atom. The largest absolute Gasteiger partial charge is 0.333 e. The number of carbonyl (C=O) groups excluding carboxylic acids is 1. The zero-order valence-electron chi connectivity index (χ0n) is 13.9. The van der Waals surface area contributed by atoms with Crippen LogP contribution < -0.4 is 10.0 Å². The number of benzene rings is 1. The summed E-state index contributed by atoms with van der Waals surface area (Å²) in [5.74, 6) is -0.0653. The van der Waals surface area contributed by atoms with Crippen LogP contribution in [0.15, 0.2) is 46.7 Å². The van der Waals surface area contributed by atoms with E-state index in [1.807, 2.05) is 29.3 Å². The molecule has 8 heteroatoms. The summed E-state index contributed by atoms with van der Waals surface area (Å²) < 4.78 is 27.3. The molecule has 1 aliphatic rings. The van der Waals surface area contributed by atoms with E-state index in [4.69, 9.17) is 0 Å². The molecule has 0 radical (unpaired) electrons. The highest BCUT2D eigenvalue weighted by molar-refractivity contribution is 7.89. The number of nitrogens with zero attached hydrogens (tertiary/aromatic N) is 1. The maximum absolute atomic E-state index is 12.6. The van der Waals surface area contributed by atoms with Crippen LogP contribution in [0, 0.1) is 0 Å². The Morgan fingerprint density at radius 2 is 2.08 bits per heavy atom. The summed E-state index contributed by atoms with van der Waals surface area (Å²) >= 11 is 1.50. The van der Waals surface area contributed by atoms with Crippen LogP contribution in [0.2, 0.25) is 0 Å². The second-order valence-electron chi connectivity index (χ2n) is 5.98. The van der Waals surface area contributed by atoms with Gasteiger partial charge in [0, 0.05) is 42.7 Å². The molecular formula is C17H21N3O3S2. The molecule has 1 saturated heterocycles. The summed E-state index contributed by atoms with van der Waals surface area (Å²) in [6.45, 7) is 4.46. The minimum absolute atomic E-state index is 0.0653. The second-order valence-corrected chi connectivity index (χ2v) is 8.78. The molecule has 1 aromatic carbocycles. The van der Waals surface area contributed by atoms with Crippen molar-refractivity contribution in [3.63, 3.8) is 0 Å². The molecule has 0 spiro atoms. The first kappa shape index (κ1) is 18.1. The van der Waals surface area contributed by atoms with Crippen LogP contribution in [0.1, 0.15) is 22.2 Å². The average Bonchev–Trinajstić information content (AvgIpc) is 3.14. The zero-order valence-corrected chi connectivity index (χ0v) is 15.6. The van der Waals surface area contributed by atoms with E-state index in [0.29, 0.717) is 12.1 Å². The average molecular weight is 380 g/mol. The van der Waals surface area contributed by atoms with Crippen molar-refractivity contribution in [2.45, 2.75) is 24.4 Å². The van der Waals surface area contributed by atoms with Gasteiger partial charge >= 0.3 is 0 Å². The highest BCUT2D eigenvalue weighted by atomic mass is 32.2. The summed E-state index contributed by atoms with van der Waals surface area (Å²) in [6.07, 6.45) is 0. The van der Waals surface area contributed by atoms with Gasteiger partial charge in [0.25, 0.3) is 5.91 Å². The van der Waals surface area contributed by atoms with E-state index in [9.17, 15) is 13.2 Å². The van der Waals surface area contributed by atoms with Crippen molar-refractivity contribution >= 4 is 27.3 Å². The molecule has 1 fully saturated rings. The highest BCUT2D eigenvalue weighted by Gasteiger charge is 2.24. The molecule has 0 aliphatic carbocycles. The van der Waals surface area contributed by atoms with E-state index in [1.54, 1.807) is 12.1 Å². The lowest BCUT2D eigenvalue weighted by molar-refractivity contribution is 0.0655. The predicted molar refractivity (Wildman–Crippen MR) is 98.2 cm³/mol. The highest BCUT2D eigenvalue weighted by Crippen LogP contribution is 2.16. The Labute approximate surface area is 151 Å².